The van der Waals surface area contributed by atoms with Crippen molar-refractivity contribution in [3.8, 4) is 0 Å². The molecule has 0 N–H and O–H groups in total. The maximum atomic E-state index is 4.33. The second-order valence-electron chi connectivity index (χ2n) is 3.94. The second kappa shape index (κ2) is 3.52. The Labute approximate surface area is 92.9 Å². The van der Waals surface area contributed by atoms with Crippen molar-refractivity contribution in [2.24, 2.45) is 0 Å². The summed E-state index contributed by atoms with van der Waals surface area (Å²) in [5, 5.41) is 9.14. The number of thioether (sulfide) groups is 1. The highest BCUT2D eigenvalue weighted by molar-refractivity contribution is 7.99. The first-order valence-corrected chi connectivity index (χ1v) is 6.33. The first-order valence-electron chi connectivity index (χ1n) is 5.28. The molecule has 15 heavy (non-hydrogen) atoms. The number of aryl methyl sites for hydroxylation is 1. The van der Waals surface area contributed by atoms with Gasteiger partial charge in [0.2, 0.25) is 0 Å². The molecule has 0 radical (unpaired) electrons. The van der Waals surface area contributed by atoms with E-state index in [0.717, 1.165) is 11.5 Å². The molecule has 0 aliphatic carbocycles. The van der Waals surface area contributed by atoms with Gasteiger partial charge in [0.15, 0.2) is 11.5 Å². The van der Waals surface area contributed by atoms with E-state index in [-0.39, 0.29) is 0 Å². The first-order chi connectivity index (χ1) is 7.36. The number of fused-ring (bicyclic) bond motifs is 1. The van der Waals surface area contributed by atoms with Crippen LogP contribution in [0.4, 0.5) is 0 Å². The summed E-state index contributed by atoms with van der Waals surface area (Å²) < 4.78 is 2.14. The van der Waals surface area contributed by atoms with E-state index in [2.05, 4.69) is 39.9 Å². The molecule has 1 unspecified atom stereocenters. The maximum absolute atomic E-state index is 4.33. The molecule has 3 nitrogen and oxygen atoms in total. The molecule has 3 heterocycles. The van der Waals surface area contributed by atoms with E-state index in [0.29, 0.717) is 5.25 Å². The second-order valence-corrected chi connectivity index (χ2v) is 5.26. The lowest BCUT2D eigenvalue weighted by Crippen LogP contribution is -1.97. The van der Waals surface area contributed by atoms with Crippen LogP contribution in [0.25, 0.3) is 5.65 Å². The van der Waals surface area contributed by atoms with Crippen LogP contribution in [0.3, 0.4) is 0 Å². The van der Waals surface area contributed by atoms with Gasteiger partial charge in [0.05, 0.1) is 5.25 Å². The summed E-state index contributed by atoms with van der Waals surface area (Å²) in [7, 11) is 0. The third kappa shape index (κ3) is 1.44. The lowest BCUT2D eigenvalue weighted by Gasteiger charge is -2.05. The zero-order valence-electron chi connectivity index (χ0n) is 8.68. The standard InChI is InChI=1S/C11H13N3S/c1-8-4-2-6-14-10(8)12-13-11(14)9-5-3-7-15-9/h2,4,6,9H,3,5,7H2,1H3. The lowest BCUT2D eigenvalue weighted by molar-refractivity contribution is 0.766. The number of aromatic nitrogens is 3. The van der Waals surface area contributed by atoms with Gasteiger partial charge in [-0.1, -0.05) is 6.07 Å². The molecule has 1 aliphatic rings. The van der Waals surface area contributed by atoms with Gasteiger partial charge in [-0.25, -0.2) is 0 Å². The van der Waals surface area contributed by atoms with Crippen LogP contribution >= 0.6 is 11.8 Å². The molecular weight excluding hydrogens is 206 g/mol. The van der Waals surface area contributed by atoms with Crippen LogP contribution in [0.15, 0.2) is 18.3 Å². The van der Waals surface area contributed by atoms with Gasteiger partial charge in [0, 0.05) is 6.20 Å². The van der Waals surface area contributed by atoms with Crippen molar-refractivity contribution in [3.05, 3.63) is 29.7 Å². The number of pyridine rings is 1. The normalized spacial score (nSPS) is 21.3. The molecule has 2 aromatic rings. The molecule has 0 spiro atoms. The molecule has 0 aromatic carbocycles. The van der Waals surface area contributed by atoms with E-state index in [1.807, 2.05) is 11.8 Å². The Kier molecular flexibility index (Phi) is 2.16. The Hall–Kier alpha value is -1.03. The van der Waals surface area contributed by atoms with Crippen LogP contribution in [0.1, 0.15) is 29.5 Å². The predicted octanol–water partition coefficient (Wildman–Crippen LogP) is 2.61. The van der Waals surface area contributed by atoms with Crippen molar-refractivity contribution in [2.45, 2.75) is 25.0 Å². The molecule has 1 fully saturated rings. The van der Waals surface area contributed by atoms with Crippen LogP contribution in [0.5, 0.6) is 0 Å². The highest BCUT2D eigenvalue weighted by Gasteiger charge is 2.22. The van der Waals surface area contributed by atoms with Gasteiger partial charge in [-0.15, -0.1) is 10.2 Å². The zero-order valence-corrected chi connectivity index (χ0v) is 9.50. The fraction of sp³-hybridized carbons (Fsp3) is 0.455. The number of rotatable bonds is 1. The fourth-order valence-corrected chi connectivity index (χ4v) is 3.33. The molecule has 0 saturated carbocycles. The zero-order chi connectivity index (χ0) is 10.3. The van der Waals surface area contributed by atoms with Gasteiger partial charge in [0.1, 0.15) is 0 Å². The molecule has 0 bridgehead atoms. The third-order valence-corrected chi connectivity index (χ3v) is 4.25. The number of hydrogen-bond acceptors (Lipinski definition) is 3. The van der Waals surface area contributed by atoms with Crippen molar-refractivity contribution in [1.29, 1.82) is 0 Å². The van der Waals surface area contributed by atoms with Crippen LogP contribution in [0, 0.1) is 6.92 Å². The maximum Gasteiger partial charge on any atom is 0.163 e. The van der Waals surface area contributed by atoms with Crippen LogP contribution < -0.4 is 0 Å². The Morgan fingerprint density at radius 3 is 3.20 bits per heavy atom. The average molecular weight is 219 g/mol. The van der Waals surface area contributed by atoms with Gasteiger partial charge < -0.3 is 0 Å². The quantitative estimate of drug-likeness (QED) is 0.738. The minimum Gasteiger partial charge on any atom is -0.285 e. The van der Waals surface area contributed by atoms with E-state index in [4.69, 9.17) is 0 Å². The third-order valence-electron chi connectivity index (χ3n) is 2.87. The van der Waals surface area contributed by atoms with E-state index < -0.39 is 0 Å². The molecule has 1 aliphatic heterocycles. The fourth-order valence-electron chi connectivity index (χ4n) is 2.07. The highest BCUT2D eigenvalue weighted by atomic mass is 32.2. The van der Waals surface area contributed by atoms with E-state index in [1.165, 1.54) is 24.2 Å². The highest BCUT2D eigenvalue weighted by Crippen LogP contribution is 2.38. The summed E-state index contributed by atoms with van der Waals surface area (Å²) in [6.07, 6.45) is 4.60. The number of hydrogen-bond donors (Lipinski definition) is 0. The molecule has 2 aromatic heterocycles. The molecule has 3 rings (SSSR count). The van der Waals surface area contributed by atoms with Gasteiger partial charge in [-0.2, -0.15) is 11.8 Å². The number of nitrogens with zero attached hydrogens (tertiary/aromatic N) is 3. The largest absolute Gasteiger partial charge is 0.285 e. The van der Waals surface area contributed by atoms with Gasteiger partial charge in [0.25, 0.3) is 0 Å². The molecule has 1 atom stereocenters. The Bertz CT molecular complexity index is 486. The van der Waals surface area contributed by atoms with E-state index >= 15 is 0 Å². The first kappa shape index (κ1) is 9.21. The monoisotopic (exact) mass is 219 g/mol. The molecule has 4 heteroatoms. The minimum atomic E-state index is 0.543. The van der Waals surface area contributed by atoms with E-state index in [1.54, 1.807) is 0 Å². The summed E-state index contributed by atoms with van der Waals surface area (Å²) in [6, 6.07) is 4.14. The van der Waals surface area contributed by atoms with Crippen molar-refractivity contribution in [2.75, 3.05) is 5.75 Å². The van der Waals surface area contributed by atoms with Crippen molar-refractivity contribution >= 4 is 17.4 Å². The predicted molar refractivity (Wildman–Crippen MR) is 62.2 cm³/mol. The Balaban J connectivity index is 2.15. The van der Waals surface area contributed by atoms with Crippen molar-refractivity contribution in [3.63, 3.8) is 0 Å². The molecule has 78 valence electrons. The summed E-state index contributed by atoms with van der Waals surface area (Å²) in [6.45, 7) is 2.08. The van der Waals surface area contributed by atoms with Gasteiger partial charge in [-0.3, -0.25) is 4.40 Å². The van der Waals surface area contributed by atoms with Gasteiger partial charge in [-0.05, 0) is 37.1 Å². The van der Waals surface area contributed by atoms with Gasteiger partial charge >= 0.3 is 0 Å². The Morgan fingerprint density at radius 1 is 1.47 bits per heavy atom. The molecule has 1 saturated heterocycles. The van der Waals surface area contributed by atoms with Crippen LogP contribution in [-0.2, 0) is 0 Å². The Morgan fingerprint density at radius 2 is 2.40 bits per heavy atom. The van der Waals surface area contributed by atoms with Crippen LogP contribution in [0.2, 0.25) is 0 Å². The van der Waals surface area contributed by atoms with Crippen molar-refractivity contribution in [1.82, 2.24) is 14.6 Å². The summed E-state index contributed by atoms with van der Waals surface area (Å²) in [5.74, 6) is 2.38. The smallest absolute Gasteiger partial charge is 0.163 e. The molecule has 0 amide bonds. The van der Waals surface area contributed by atoms with E-state index in [9.17, 15) is 0 Å². The lowest BCUT2D eigenvalue weighted by atomic mass is 10.2. The van der Waals surface area contributed by atoms with Crippen LogP contribution in [-0.4, -0.2) is 20.4 Å². The average Bonchev–Trinajstić information content (AvgIpc) is 2.85. The molecular formula is C11H13N3S. The summed E-state index contributed by atoms with van der Waals surface area (Å²) >= 11 is 2.00. The summed E-state index contributed by atoms with van der Waals surface area (Å²) in [5.41, 5.74) is 2.19. The summed E-state index contributed by atoms with van der Waals surface area (Å²) in [4.78, 5) is 0. The minimum absolute atomic E-state index is 0.543. The SMILES string of the molecule is Cc1cccn2c(C3CCCS3)nnc12. The topological polar surface area (TPSA) is 30.2 Å². The van der Waals surface area contributed by atoms with Crippen molar-refractivity contribution < 1.29 is 0 Å².